The number of carboxylic acid groups (broad SMARTS) is 1. The Balaban J connectivity index is 2.58. The SMILES string of the molecule is CC(CCC(=O)O)NC(=O)C(C)(C)Sc1ccc(Br)cc1. The summed E-state index contributed by atoms with van der Waals surface area (Å²) in [4.78, 5) is 23.8. The van der Waals surface area contributed by atoms with Gasteiger partial charge in [-0.25, -0.2) is 0 Å². The minimum atomic E-state index is -0.848. The number of thioether (sulfide) groups is 1. The van der Waals surface area contributed by atoms with Crippen molar-refractivity contribution in [3.8, 4) is 0 Å². The van der Waals surface area contributed by atoms with Crippen LogP contribution >= 0.6 is 27.7 Å². The van der Waals surface area contributed by atoms with Crippen molar-refractivity contribution in [3.63, 3.8) is 0 Å². The van der Waals surface area contributed by atoms with Gasteiger partial charge in [0.2, 0.25) is 5.91 Å². The van der Waals surface area contributed by atoms with Crippen molar-refractivity contribution in [1.82, 2.24) is 5.32 Å². The molecule has 6 heteroatoms. The molecule has 0 radical (unpaired) electrons. The number of carbonyl (C=O) groups is 2. The largest absolute Gasteiger partial charge is 0.481 e. The molecule has 0 heterocycles. The van der Waals surface area contributed by atoms with E-state index in [-0.39, 0.29) is 18.4 Å². The molecule has 0 aliphatic carbocycles. The molecule has 0 aromatic heterocycles. The van der Waals surface area contributed by atoms with Gasteiger partial charge in [0.15, 0.2) is 0 Å². The second kappa shape index (κ2) is 7.84. The van der Waals surface area contributed by atoms with Crippen molar-refractivity contribution >= 4 is 39.6 Å². The summed E-state index contributed by atoms with van der Waals surface area (Å²) in [5.41, 5.74) is 0. The van der Waals surface area contributed by atoms with Crippen LogP contribution in [-0.2, 0) is 9.59 Å². The van der Waals surface area contributed by atoms with Gasteiger partial charge >= 0.3 is 5.97 Å². The fraction of sp³-hybridized carbons (Fsp3) is 0.467. The van der Waals surface area contributed by atoms with Gasteiger partial charge in [-0.2, -0.15) is 0 Å². The lowest BCUT2D eigenvalue weighted by molar-refractivity contribution is -0.137. The molecule has 1 aromatic carbocycles. The Kier molecular flexibility index (Phi) is 6.74. The first-order valence-electron chi connectivity index (χ1n) is 6.68. The molecule has 1 rings (SSSR count). The van der Waals surface area contributed by atoms with Crippen molar-refractivity contribution < 1.29 is 14.7 Å². The van der Waals surface area contributed by atoms with Gasteiger partial charge in [0, 0.05) is 21.8 Å². The zero-order valence-electron chi connectivity index (χ0n) is 12.4. The Morgan fingerprint density at radius 2 is 1.90 bits per heavy atom. The smallest absolute Gasteiger partial charge is 0.303 e. The first kappa shape index (κ1) is 18.0. The van der Waals surface area contributed by atoms with E-state index in [9.17, 15) is 9.59 Å². The number of carbonyl (C=O) groups excluding carboxylic acids is 1. The van der Waals surface area contributed by atoms with E-state index in [1.807, 2.05) is 45.0 Å². The molecule has 0 aliphatic rings. The molecule has 1 aromatic rings. The minimum Gasteiger partial charge on any atom is -0.481 e. The lowest BCUT2D eigenvalue weighted by atomic mass is 10.1. The molecule has 1 amide bonds. The molecule has 4 nitrogen and oxygen atoms in total. The van der Waals surface area contributed by atoms with E-state index < -0.39 is 10.7 Å². The average Bonchev–Trinajstić information content (AvgIpc) is 2.39. The van der Waals surface area contributed by atoms with Crippen LogP contribution in [-0.4, -0.2) is 27.8 Å². The second-order valence-electron chi connectivity index (χ2n) is 5.37. The van der Waals surface area contributed by atoms with Crippen molar-refractivity contribution in [2.75, 3.05) is 0 Å². The number of rotatable bonds is 7. The molecule has 0 saturated heterocycles. The fourth-order valence-electron chi connectivity index (χ4n) is 1.65. The maximum absolute atomic E-state index is 12.3. The molecular weight excluding hydrogens is 354 g/mol. The number of hydrogen-bond donors (Lipinski definition) is 2. The van der Waals surface area contributed by atoms with Gasteiger partial charge in [0.1, 0.15) is 0 Å². The first-order valence-corrected chi connectivity index (χ1v) is 8.29. The van der Waals surface area contributed by atoms with E-state index in [0.717, 1.165) is 9.37 Å². The van der Waals surface area contributed by atoms with Crippen LogP contribution < -0.4 is 5.32 Å². The summed E-state index contributed by atoms with van der Waals surface area (Å²) >= 11 is 4.86. The van der Waals surface area contributed by atoms with Crippen molar-refractivity contribution in [2.45, 2.75) is 49.3 Å². The van der Waals surface area contributed by atoms with Crippen LogP contribution in [0.4, 0.5) is 0 Å². The zero-order chi connectivity index (χ0) is 16.0. The van der Waals surface area contributed by atoms with E-state index in [1.54, 1.807) is 0 Å². The third-order valence-electron chi connectivity index (χ3n) is 2.90. The molecular formula is C15H20BrNO3S. The quantitative estimate of drug-likeness (QED) is 0.715. The van der Waals surface area contributed by atoms with Crippen molar-refractivity contribution in [2.24, 2.45) is 0 Å². The summed E-state index contributed by atoms with van der Waals surface area (Å²) in [6.07, 6.45) is 0.488. The highest BCUT2D eigenvalue weighted by molar-refractivity contribution is 9.10. The topological polar surface area (TPSA) is 66.4 Å². The number of nitrogens with one attached hydrogen (secondary N) is 1. The van der Waals surface area contributed by atoms with Crippen LogP contribution in [0, 0.1) is 0 Å². The normalized spacial score (nSPS) is 12.8. The lowest BCUT2D eigenvalue weighted by Gasteiger charge is -2.25. The highest BCUT2D eigenvalue weighted by Crippen LogP contribution is 2.33. The number of benzene rings is 1. The molecule has 0 saturated carbocycles. The fourth-order valence-corrected chi connectivity index (χ4v) is 2.93. The summed E-state index contributed by atoms with van der Waals surface area (Å²) in [5, 5.41) is 11.5. The van der Waals surface area contributed by atoms with Gasteiger partial charge < -0.3 is 10.4 Å². The predicted octanol–water partition coefficient (Wildman–Crippen LogP) is 3.69. The van der Waals surface area contributed by atoms with Crippen LogP contribution in [0.3, 0.4) is 0 Å². The van der Waals surface area contributed by atoms with Crippen molar-refractivity contribution in [1.29, 1.82) is 0 Å². The maximum Gasteiger partial charge on any atom is 0.303 e. The lowest BCUT2D eigenvalue weighted by Crippen LogP contribution is -2.44. The minimum absolute atomic E-state index is 0.0573. The van der Waals surface area contributed by atoms with Crippen LogP contribution in [0.1, 0.15) is 33.6 Å². The molecule has 2 N–H and O–H groups in total. The number of amides is 1. The number of hydrogen-bond acceptors (Lipinski definition) is 3. The van der Waals surface area contributed by atoms with Crippen LogP contribution in [0.15, 0.2) is 33.6 Å². The summed E-state index contributed by atoms with van der Waals surface area (Å²) < 4.78 is 0.377. The summed E-state index contributed by atoms with van der Waals surface area (Å²) in [7, 11) is 0. The highest BCUT2D eigenvalue weighted by Gasteiger charge is 2.29. The molecule has 0 fully saturated rings. The molecule has 1 atom stereocenters. The van der Waals surface area contributed by atoms with Gasteiger partial charge in [-0.05, 0) is 51.5 Å². The third kappa shape index (κ3) is 6.52. The van der Waals surface area contributed by atoms with Crippen molar-refractivity contribution in [3.05, 3.63) is 28.7 Å². The predicted molar refractivity (Wildman–Crippen MR) is 88.6 cm³/mol. The van der Waals surface area contributed by atoms with Gasteiger partial charge in [-0.3, -0.25) is 9.59 Å². The standard InChI is InChI=1S/C15H20BrNO3S/c1-10(4-9-13(18)19)17-14(20)15(2,3)21-12-7-5-11(16)6-8-12/h5-8,10H,4,9H2,1-3H3,(H,17,20)(H,18,19). The zero-order valence-corrected chi connectivity index (χ0v) is 14.8. The van der Waals surface area contributed by atoms with E-state index in [2.05, 4.69) is 21.2 Å². The van der Waals surface area contributed by atoms with Gasteiger partial charge in [-0.1, -0.05) is 15.9 Å². The maximum atomic E-state index is 12.3. The summed E-state index contributed by atoms with van der Waals surface area (Å²) in [6.45, 7) is 5.54. The third-order valence-corrected chi connectivity index (χ3v) is 4.63. The molecule has 1 unspecified atom stereocenters. The van der Waals surface area contributed by atoms with Gasteiger partial charge in [-0.15, -0.1) is 11.8 Å². The first-order chi connectivity index (χ1) is 9.70. The second-order valence-corrected chi connectivity index (χ2v) is 7.99. The van der Waals surface area contributed by atoms with Gasteiger partial charge in [0.05, 0.1) is 4.75 Å². The number of carboxylic acids is 1. The van der Waals surface area contributed by atoms with Crippen LogP contribution in [0.2, 0.25) is 0 Å². The van der Waals surface area contributed by atoms with Crippen LogP contribution in [0.5, 0.6) is 0 Å². The van der Waals surface area contributed by atoms with E-state index in [1.165, 1.54) is 11.8 Å². The average molecular weight is 374 g/mol. The van der Waals surface area contributed by atoms with Gasteiger partial charge in [0.25, 0.3) is 0 Å². The Morgan fingerprint density at radius 3 is 2.43 bits per heavy atom. The Morgan fingerprint density at radius 1 is 1.33 bits per heavy atom. The molecule has 0 spiro atoms. The molecule has 116 valence electrons. The number of aliphatic carboxylic acids is 1. The Bertz CT molecular complexity index is 502. The Labute approximate surface area is 137 Å². The molecule has 0 aliphatic heterocycles. The molecule has 21 heavy (non-hydrogen) atoms. The highest BCUT2D eigenvalue weighted by atomic mass is 79.9. The summed E-state index contributed by atoms with van der Waals surface area (Å²) in [6, 6.07) is 7.63. The summed E-state index contributed by atoms with van der Waals surface area (Å²) in [5.74, 6) is -0.937. The monoisotopic (exact) mass is 373 g/mol. The van der Waals surface area contributed by atoms with Crippen LogP contribution in [0.25, 0.3) is 0 Å². The molecule has 0 bridgehead atoms. The van der Waals surface area contributed by atoms with E-state index in [0.29, 0.717) is 6.42 Å². The number of halogens is 1. The van der Waals surface area contributed by atoms with E-state index >= 15 is 0 Å². The Hall–Kier alpha value is -1.01. The van der Waals surface area contributed by atoms with E-state index in [4.69, 9.17) is 5.11 Å².